The van der Waals surface area contributed by atoms with E-state index in [4.69, 9.17) is 16.3 Å². The molecule has 5 rings (SSSR count). The molecule has 0 aliphatic carbocycles. The standard InChI is InChI=1S/C26H25ClFN9O4/c1-14(24(39)32-20(12-38)15-6-17(28)9-18(7-15)41-3)36-13-31-37-11-16(8-21(37)25(36)40)23-19(27)10-29-26(34-23)33-22-4-5-30-35(22)2/h4-11,13-14,20,38H,12H2,1-3H3,(H,32,39)(H,29,33,34). The van der Waals surface area contributed by atoms with Crippen molar-refractivity contribution in [2.75, 3.05) is 19.0 Å². The van der Waals surface area contributed by atoms with Gasteiger partial charge in [-0.15, -0.1) is 0 Å². The normalized spacial score (nSPS) is 12.7. The second kappa shape index (κ2) is 11.3. The van der Waals surface area contributed by atoms with E-state index >= 15 is 0 Å². The molecule has 0 fully saturated rings. The van der Waals surface area contributed by atoms with E-state index in [-0.39, 0.29) is 22.2 Å². The zero-order chi connectivity index (χ0) is 29.3. The molecule has 0 spiro atoms. The lowest BCUT2D eigenvalue weighted by molar-refractivity contribution is -0.125. The molecule has 0 aliphatic rings. The third-order valence-electron chi connectivity index (χ3n) is 6.46. The highest BCUT2D eigenvalue weighted by atomic mass is 35.5. The van der Waals surface area contributed by atoms with Gasteiger partial charge in [0.25, 0.3) is 5.56 Å². The summed E-state index contributed by atoms with van der Waals surface area (Å²) in [5.41, 5.74) is 0.850. The molecule has 0 saturated heterocycles. The highest BCUT2D eigenvalue weighted by molar-refractivity contribution is 6.32. The molecule has 0 aliphatic heterocycles. The molecule has 0 saturated carbocycles. The van der Waals surface area contributed by atoms with E-state index in [0.717, 1.165) is 4.57 Å². The van der Waals surface area contributed by atoms with Crippen molar-refractivity contribution in [1.29, 1.82) is 0 Å². The Bertz CT molecular complexity index is 1800. The van der Waals surface area contributed by atoms with Crippen LogP contribution in [0, 0.1) is 5.82 Å². The van der Waals surface area contributed by atoms with Gasteiger partial charge in [-0.1, -0.05) is 11.6 Å². The third kappa shape index (κ3) is 5.60. The van der Waals surface area contributed by atoms with E-state index in [1.807, 2.05) is 0 Å². The van der Waals surface area contributed by atoms with Gasteiger partial charge < -0.3 is 20.5 Å². The first-order valence-electron chi connectivity index (χ1n) is 12.3. The average Bonchev–Trinajstić information content (AvgIpc) is 3.58. The number of amides is 1. The summed E-state index contributed by atoms with van der Waals surface area (Å²) in [6.45, 7) is 1.01. The summed E-state index contributed by atoms with van der Waals surface area (Å²) < 4.78 is 23.2. The number of hydrogen-bond acceptors (Lipinski definition) is 9. The zero-order valence-electron chi connectivity index (χ0n) is 22.1. The number of aliphatic hydroxyl groups excluding tert-OH is 1. The van der Waals surface area contributed by atoms with Crippen LogP contribution in [0.25, 0.3) is 16.8 Å². The predicted molar refractivity (Wildman–Crippen MR) is 148 cm³/mol. The molecule has 0 radical (unpaired) electrons. The molecule has 1 amide bonds. The van der Waals surface area contributed by atoms with Gasteiger partial charge >= 0.3 is 0 Å². The topological polar surface area (TPSA) is 153 Å². The molecule has 0 bridgehead atoms. The van der Waals surface area contributed by atoms with Crippen molar-refractivity contribution in [3.63, 3.8) is 0 Å². The number of rotatable bonds is 9. The monoisotopic (exact) mass is 581 g/mol. The first kappa shape index (κ1) is 27.7. The highest BCUT2D eigenvalue weighted by Gasteiger charge is 2.23. The Morgan fingerprint density at radius 2 is 2.05 bits per heavy atom. The third-order valence-corrected chi connectivity index (χ3v) is 6.74. The van der Waals surface area contributed by atoms with Gasteiger partial charge in [0, 0.05) is 30.9 Å². The fourth-order valence-electron chi connectivity index (χ4n) is 4.21. The molecular formula is C26H25ClFN9O4. The van der Waals surface area contributed by atoms with E-state index < -0.39 is 36.0 Å². The lowest BCUT2D eigenvalue weighted by Crippen LogP contribution is -2.39. The van der Waals surface area contributed by atoms with Crippen molar-refractivity contribution in [2.24, 2.45) is 7.05 Å². The number of fused-ring (bicyclic) bond motifs is 1. The number of hydrogen-bond donors (Lipinski definition) is 3. The number of methoxy groups -OCH3 is 1. The van der Waals surface area contributed by atoms with E-state index in [0.29, 0.717) is 22.6 Å². The number of aryl methyl sites for hydroxylation is 1. The fraction of sp³-hybridized carbons (Fsp3) is 0.231. The lowest BCUT2D eigenvalue weighted by atomic mass is 10.1. The van der Waals surface area contributed by atoms with Crippen molar-refractivity contribution in [3.05, 3.63) is 82.0 Å². The molecule has 1 aromatic carbocycles. The maximum absolute atomic E-state index is 14.0. The summed E-state index contributed by atoms with van der Waals surface area (Å²) in [5.74, 6) is 0.000382. The van der Waals surface area contributed by atoms with Crippen molar-refractivity contribution in [2.45, 2.75) is 19.0 Å². The highest BCUT2D eigenvalue weighted by Crippen LogP contribution is 2.28. The average molecular weight is 582 g/mol. The number of nitrogens with one attached hydrogen (secondary N) is 2. The van der Waals surface area contributed by atoms with E-state index in [1.165, 1.54) is 49.3 Å². The van der Waals surface area contributed by atoms with Crippen LogP contribution in [0.2, 0.25) is 5.02 Å². The number of benzene rings is 1. The quantitative estimate of drug-likeness (QED) is 0.238. The summed E-state index contributed by atoms with van der Waals surface area (Å²) in [7, 11) is 3.15. The molecular weight excluding hydrogens is 557 g/mol. The van der Waals surface area contributed by atoms with Gasteiger partial charge in [-0.3, -0.25) is 18.8 Å². The lowest BCUT2D eigenvalue weighted by Gasteiger charge is -2.21. The Morgan fingerprint density at radius 1 is 1.24 bits per heavy atom. The Kier molecular flexibility index (Phi) is 7.68. The molecule has 2 unspecified atom stereocenters. The number of halogens is 2. The van der Waals surface area contributed by atoms with Crippen molar-refractivity contribution in [1.82, 2.24) is 39.2 Å². The van der Waals surface area contributed by atoms with Crippen molar-refractivity contribution in [3.8, 4) is 17.0 Å². The Morgan fingerprint density at radius 3 is 2.76 bits per heavy atom. The van der Waals surface area contributed by atoms with Crippen LogP contribution in [0.1, 0.15) is 24.6 Å². The first-order chi connectivity index (χ1) is 19.7. The van der Waals surface area contributed by atoms with E-state index in [9.17, 15) is 19.1 Å². The molecule has 2 atom stereocenters. The molecule has 4 aromatic heterocycles. The van der Waals surface area contributed by atoms with Gasteiger partial charge in [0.2, 0.25) is 11.9 Å². The largest absolute Gasteiger partial charge is 0.497 e. The Balaban J connectivity index is 1.41. The summed E-state index contributed by atoms with van der Waals surface area (Å²) in [6, 6.07) is 5.25. The molecule has 3 N–H and O–H groups in total. The number of carbonyl (C=O) groups excluding carboxylic acids is 1. The first-order valence-corrected chi connectivity index (χ1v) is 12.7. The van der Waals surface area contributed by atoms with Crippen molar-refractivity contribution >= 4 is 34.8 Å². The number of anilines is 2. The maximum Gasteiger partial charge on any atom is 0.278 e. The Hall–Kier alpha value is -4.82. The summed E-state index contributed by atoms with van der Waals surface area (Å²) in [6.07, 6.45) is 5.89. The van der Waals surface area contributed by atoms with E-state index in [1.54, 1.807) is 36.3 Å². The van der Waals surface area contributed by atoms with Gasteiger partial charge in [-0.25, -0.2) is 18.9 Å². The van der Waals surface area contributed by atoms with Crippen LogP contribution in [-0.4, -0.2) is 58.7 Å². The van der Waals surface area contributed by atoms with Crippen LogP contribution in [0.4, 0.5) is 16.2 Å². The minimum Gasteiger partial charge on any atom is -0.497 e. The molecule has 4 heterocycles. The van der Waals surface area contributed by atoms with Gasteiger partial charge in [-0.2, -0.15) is 10.2 Å². The SMILES string of the molecule is COc1cc(F)cc(C(CO)NC(=O)C(C)n2cnn3cc(-c4nc(Nc5ccnn5C)ncc4Cl)cc3c2=O)c1. The number of carbonyl (C=O) groups is 1. The van der Waals surface area contributed by atoms with Gasteiger partial charge in [0.1, 0.15) is 35.3 Å². The van der Waals surface area contributed by atoms with Crippen LogP contribution in [0.3, 0.4) is 0 Å². The minimum atomic E-state index is -1.01. The Labute approximate surface area is 237 Å². The predicted octanol–water partition coefficient (Wildman–Crippen LogP) is 2.64. The molecule has 212 valence electrons. The van der Waals surface area contributed by atoms with Gasteiger partial charge in [-0.05, 0) is 30.7 Å². The number of aromatic nitrogens is 7. The van der Waals surface area contributed by atoms with Crippen molar-refractivity contribution < 1.29 is 19.0 Å². The number of ether oxygens (including phenoxy) is 1. The smallest absolute Gasteiger partial charge is 0.278 e. The molecule has 13 nitrogen and oxygen atoms in total. The summed E-state index contributed by atoms with van der Waals surface area (Å²) in [5, 5.41) is 24.2. The summed E-state index contributed by atoms with van der Waals surface area (Å²) in [4.78, 5) is 35.2. The second-order valence-corrected chi connectivity index (χ2v) is 9.51. The second-order valence-electron chi connectivity index (χ2n) is 9.10. The van der Waals surface area contributed by atoms with Crippen LogP contribution < -0.4 is 20.9 Å². The maximum atomic E-state index is 14.0. The van der Waals surface area contributed by atoms with Crippen LogP contribution in [-0.2, 0) is 11.8 Å². The number of nitrogens with zero attached hydrogens (tertiary/aromatic N) is 7. The van der Waals surface area contributed by atoms with Crippen LogP contribution in [0.15, 0.2) is 60.0 Å². The fourth-order valence-corrected chi connectivity index (χ4v) is 4.41. The molecule has 41 heavy (non-hydrogen) atoms. The molecule has 5 aromatic rings. The number of aliphatic hydroxyl groups is 1. The minimum absolute atomic E-state index is 0.173. The molecule has 15 heteroatoms. The zero-order valence-corrected chi connectivity index (χ0v) is 22.9. The van der Waals surface area contributed by atoms with Crippen LogP contribution >= 0.6 is 11.6 Å². The van der Waals surface area contributed by atoms with Gasteiger partial charge in [0.15, 0.2) is 0 Å². The van der Waals surface area contributed by atoms with Crippen LogP contribution in [0.5, 0.6) is 5.75 Å². The van der Waals surface area contributed by atoms with Gasteiger partial charge in [0.05, 0.1) is 42.9 Å². The summed E-state index contributed by atoms with van der Waals surface area (Å²) >= 11 is 6.39. The van der Waals surface area contributed by atoms with E-state index in [2.05, 4.69) is 30.8 Å².